The van der Waals surface area contributed by atoms with Gasteiger partial charge in [0.1, 0.15) is 17.3 Å². The number of halogens is 1. The zero-order valence-corrected chi connectivity index (χ0v) is 15.7. The molecule has 0 aliphatic rings. The zero-order valence-electron chi connectivity index (χ0n) is 15.7. The minimum Gasteiger partial charge on any atom is -0.494 e. The second kappa shape index (κ2) is 10.6. The van der Waals surface area contributed by atoms with E-state index in [9.17, 15) is 9.18 Å². The molecular formula is C21H21FN4O3. The molecule has 8 heteroatoms. The molecule has 0 saturated heterocycles. The van der Waals surface area contributed by atoms with Crippen LogP contribution in [0.15, 0.2) is 67.0 Å². The number of unbranched alkanes of at least 4 members (excludes halogenated alkanes) is 1. The molecule has 0 fully saturated rings. The van der Waals surface area contributed by atoms with Gasteiger partial charge in [0.2, 0.25) is 0 Å². The van der Waals surface area contributed by atoms with Crippen molar-refractivity contribution in [2.75, 3.05) is 18.5 Å². The Morgan fingerprint density at radius 1 is 0.931 bits per heavy atom. The summed E-state index contributed by atoms with van der Waals surface area (Å²) in [6.45, 7) is 1.02. The van der Waals surface area contributed by atoms with E-state index in [1.54, 1.807) is 54.9 Å². The Bertz CT molecular complexity index is 890. The van der Waals surface area contributed by atoms with Crippen LogP contribution < -0.4 is 20.1 Å². The lowest BCUT2D eigenvalue weighted by Gasteiger charge is -2.09. The third-order valence-electron chi connectivity index (χ3n) is 3.80. The zero-order chi connectivity index (χ0) is 20.3. The average molecular weight is 396 g/mol. The first-order valence-electron chi connectivity index (χ1n) is 9.17. The predicted octanol–water partition coefficient (Wildman–Crippen LogP) is 4.39. The van der Waals surface area contributed by atoms with Crippen LogP contribution in [0.2, 0.25) is 0 Å². The van der Waals surface area contributed by atoms with Crippen molar-refractivity contribution < 1.29 is 18.7 Å². The van der Waals surface area contributed by atoms with Gasteiger partial charge in [0.25, 0.3) is 0 Å². The third kappa shape index (κ3) is 7.10. The van der Waals surface area contributed by atoms with Crippen LogP contribution in [0.1, 0.15) is 12.8 Å². The van der Waals surface area contributed by atoms with Gasteiger partial charge in [-0.15, -0.1) is 0 Å². The van der Waals surface area contributed by atoms with Crippen LogP contribution in [0.3, 0.4) is 0 Å². The summed E-state index contributed by atoms with van der Waals surface area (Å²) in [7, 11) is 0. The molecule has 0 aliphatic carbocycles. The number of benzene rings is 2. The number of hydrogen-bond acceptors (Lipinski definition) is 5. The summed E-state index contributed by atoms with van der Waals surface area (Å²) in [6.07, 6.45) is 4.72. The fourth-order valence-electron chi connectivity index (χ4n) is 2.37. The first-order chi connectivity index (χ1) is 14.2. The van der Waals surface area contributed by atoms with Gasteiger partial charge in [0, 0.05) is 24.6 Å². The van der Waals surface area contributed by atoms with Gasteiger partial charge in [0.05, 0.1) is 6.61 Å². The topological polar surface area (TPSA) is 85.4 Å². The van der Waals surface area contributed by atoms with Crippen LogP contribution in [0.25, 0.3) is 0 Å². The Labute approximate surface area is 167 Å². The van der Waals surface area contributed by atoms with Crippen LogP contribution in [0.5, 0.6) is 17.5 Å². The smallest absolute Gasteiger partial charge is 0.321 e. The maximum absolute atomic E-state index is 12.8. The summed E-state index contributed by atoms with van der Waals surface area (Å²) in [6, 6.07) is 14.5. The lowest BCUT2D eigenvalue weighted by atomic mass is 10.3. The molecular weight excluding hydrogens is 375 g/mol. The highest BCUT2D eigenvalue weighted by molar-refractivity contribution is 5.89. The molecule has 1 heterocycles. The first kappa shape index (κ1) is 20.1. The van der Waals surface area contributed by atoms with E-state index in [-0.39, 0.29) is 17.9 Å². The number of hydrogen-bond donors (Lipinski definition) is 2. The van der Waals surface area contributed by atoms with Crippen molar-refractivity contribution in [2.24, 2.45) is 0 Å². The molecule has 2 N–H and O–H groups in total. The van der Waals surface area contributed by atoms with Crippen LogP contribution in [-0.4, -0.2) is 29.2 Å². The van der Waals surface area contributed by atoms with E-state index in [1.165, 1.54) is 12.1 Å². The number of aromatic nitrogens is 2. The van der Waals surface area contributed by atoms with Gasteiger partial charge < -0.3 is 20.1 Å². The van der Waals surface area contributed by atoms with Gasteiger partial charge in [-0.2, -0.15) is 0 Å². The van der Waals surface area contributed by atoms with Crippen molar-refractivity contribution >= 4 is 11.7 Å². The van der Waals surface area contributed by atoms with E-state index < -0.39 is 0 Å². The molecule has 0 saturated carbocycles. The maximum Gasteiger partial charge on any atom is 0.321 e. The van der Waals surface area contributed by atoms with E-state index in [1.807, 2.05) is 0 Å². The van der Waals surface area contributed by atoms with Crippen molar-refractivity contribution in [3.05, 3.63) is 72.8 Å². The molecule has 7 nitrogen and oxygen atoms in total. The molecule has 0 spiro atoms. The minimum absolute atomic E-state index is 0.259. The Morgan fingerprint density at radius 2 is 1.62 bits per heavy atom. The van der Waals surface area contributed by atoms with Crippen LogP contribution in [0.4, 0.5) is 14.9 Å². The lowest BCUT2D eigenvalue weighted by Crippen LogP contribution is -2.29. The quantitative estimate of drug-likeness (QED) is 0.524. The molecule has 0 unspecified atom stereocenters. The molecule has 150 valence electrons. The number of ether oxygens (including phenoxy) is 2. The van der Waals surface area contributed by atoms with Crippen LogP contribution in [0, 0.1) is 5.82 Å². The van der Waals surface area contributed by atoms with E-state index in [2.05, 4.69) is 20.6 Å². The lowest BCUT2D eigenvalue weighted by molar-refractivity contribution is 0.251. The van der Waals surface area contributed by atoms with Gasteiger partial charge >= 0.3 is 12.0 Å². The summed E-state index contributed by atoms with van der Waals surface area (Å²) in [4.78, 5) is 19.9. The monoisotopic (exact) mass is 396 g/mol. The highest BCUT2D eigenvalue weighted by Gasteiger charge is 2.03. The Kier molecular flexibility index (Phi) is 7.34. The van der Waals surface area contributed by atoms with Gasteiger partial charge in [-0.3, -0.25) is 0 Å². The normalized spacial score (nSPS) is 10.2. The minimum atomic E-state index is -0.292. The summed E-state index contributed by atoms with van der Waals surface area (Å²) >= 11 is 0. The Morgan fingerprint density at radius 3 is 2.34 bits per heavy atom. The van der Waals surface area contributed by atoms with Gasteiger partial charge in [-0.25, -0.2) is 19.2 Å². The summed E-state index contributed by atoms with van der Waals surface area (Å²) in [5.74, 6) is 0.909. The van der Waals surface area contributed by atoms with Crippen molar-refractivity contribution in [3.8, 4) is 17.5 Å². The number of nitrogens with one attached hydrogen (secondary N) is 2. The molecule has 29 heavy (non-hydrogen) atoms. The maximum atomic E-state index is 12.8. The molecule has 0 bridgehead atoms. The Balaban J connectivity index is 1.30. The Hall–Kier alpha value is -3.68. The number of nitrogens with zero attached hydrogens (tertiary/aromatic N) is 2. The predicted molar refractivity (Wildman–Crippen MR) is 107 cm³/mol. The van der Waals surface area contributed by atoms with Crippen molar-refractivity contribution in [3.63, 3.8) is 0 Å². The molecule has 3 rings (SSSR count). The number of carbonyl (C=O) groups is 1. The number of anilines is 1. The van der Waals surface area contributed by atoms with Crippen LogP contribution >= 0.6 is 0 Å². The number of rotatable bonds is 9. The largest absolute Gasteiger partial charge is 0.494 e. The molecule has 3 aromatic rings. The third-order valence-corrected chi connectivity index (χ3v) is 3.80. The molecule has 1 aromatic heterocycles. The van der Waals surface area contributed by atoms with E-state index in [4.69, 9.17) is 9.47 Å². The molecule has 2 amide bonds. The fraction of sp³-hybridized carbons (Fsp3) is 0.190. The van der Waals surface area contributed by atoms with Gasteiger partial charge in [0.15, 0.2) is 0 Å². The number of amides is 2. The van der Waals surface area contributed by atoms with Gasteiger partial charge in [-0.1, -0.05) is 0 Å². The van der Waals surface area contributed by atoms with Crippen molar-refractivity contribution in [1.29, 1.82) is 0 Å². The average Bonchev–Trinajstić information content (AvgIpc) is 2.74. The van der Waals surface area contributed by atoms with Crippen molar-refractivity contribution in [2.45, 2.75) is 12.8 Å². The highest BCUT2D eigenvalue weighted by atomic mass is 19.1. The standard InChI is InChI=1S/C21H21FN4O3/c22-16-4-8-18(9-5-16)28-15-2-1-12-23-20(27)26-17-6-10-19(11-7-17)29-21-24-13-3-14-25-21/h3-11,13-14H,1-2,12,15H2,(H2,23,26,27). The number of urea groups is 1. The number of carbonyl (C=O) groups excluding carboxylic acids is 1. The SMILES string of the molecule is O=C(NCCCCOc1ccc(F)cc1)Nc1ccc(Oc2ncccn2)cc1. The van der Waals surface area contributed by atoms with E-state index >= 15 is 0 Å². The second-order valence-corrected chi connectivity index (χ2v) is 6.05. The molecule has 0 atom stereocenters. The molecule has 2 aromatic carbocycles. The van der Waals surface area contributed by atoms with Crippen LogP contribution in [-0.2, 0) is 0 Å². The molecule has 0 radical (unpaired) electrons. The fourth-order valence-corrected chi connectivity index (χ4v) is 2.37. The highest BCUT2D eigenvalue weighted by Crippen LogP contribution is 2.19. The second-order valence-electron chi connectivity index (χ2n) is 6.05. The van der Waals surface area contributed by atoms with E-state index in [0.717, 1.165) is 12.8 Å². The first-order valence-corrected chi connectivity index (χ1v) is 9.17. The van der Waals surface area contributed by atoms with Crippen molar-refractivity contribution in [1.82, 2.24) is 15.3 Å². The summed E-state index contributed by atoms with van der Waals surface area (Å²) in [5, 5.41) is 5.54. The van der Waals surface area contributed by atoms with E-state index in [0.29, 0.717) is 30.3 Å². The van der Waals surface area contributed by atoms with Gasteiger partial charge in [-0.05, 0) is 67.4 Å². The molecule has 0 aliphatic heterocycles. The summed E-state index contributed by atoms with van der Waals surface area (Å²) < 4.78 is 23.8. The summed E-state index contributed by atoms with van der Waals surface area (Å²) in [5.41, 5.74) is 0.642.